The molecule has 5 heteroatoms. The fraction of sp³-hybridized carbons (Fsp3) is 0.158. The van der Waals surface area contributed by atoms with Crippen molar-refractivity contribution in [2.75, 3.05) is 20.8 Å². The van der Waals surface area contributed by atoms with Crippen molar-refractivity contribution in [2.24, 2.45) is 0 Å². The fourth-order valence-corrected chi connectivity index (χ4v) is 2.02. The Morgan fingerprint density at radius 2 is 1.67 bits per heavy atom. The number of nitrogens with zero attached hydrogens (tertiary/aromatic N) is 1. The average Bonchev–Trinajstić information content (AvgIpc) is 2.64. The molecule has 0 atom stereocenters. The van der Waals surface area contributed by atoms with Crippen molar-refractivity contribution in [2.45, 2.75) is 0 Å². The summed E-state index contributed by atoms with van der Waals surface area (Å²) < 4.78 is 15.5. The van der Waals surface area contributed by atoms with E-state index >= 15 is 0 Å². The van der Waals surface area contributed by atoms with E-state index in [0.29, 0.717) is 22.8 Å². The van der Waals surface area contributed by atoms with Crippen molar-refractivity contribution >= 4 is 11.9 Å². The van der Waals surface area contributed by atoms with Crippen LogP contribution in [0.3, 0.4) is 0 Å². The van der Waals surface area contributed by atoms with E-state index in [9.17, 15) is 4.79 Å². The second-order valence-corrected chi connectivity index (χ2v) is 4.81. The number of benzene rings is 2. The molecule has 0 heterocycles. The van der Waals surface area contributed by atoms with Crippen molar-refractivity contribution in [3.63, 3.8) is 0 Å². The van der Waals surface area contributed by atoms with Gasteiger partial charge in [0.1, 0.15) is 23.3 Å². The molecular formula is C19H17NO4. The molecule has 0 fully saturated rings. The smallest absolute Gasteiger partial charge is 0.185 e. The number of rotatable bonds is 7. The third-order valence-corrected chi connectivity index (χ3v) is 3.24. The SMILES string of the molecule is COc1cc(/C=C/C(=O)c2ccc(OCC#N)cc2)cc(OC)c1. The van der Waals surface area contributed by atoms with Gasteiger partial charge in [-0.05, 0) is 48.0 Å². The quantitative estimate of drug-likeness (QED) is 0.576. The molecule has 0 aliphatic heterocycles. The number of hydrogen-bond donors (Lipinski definition) is 0. The molecule has 0 saturated heterocycles. The number of nitriles is 1. The van der Waals surface area contributed by atoms with Crippen molar-refractivity contribution in [1.29, 1.82) is 5.26 Å². The largest absolute Gasteiger partial charge is 0.497 e. The minimum Gasteiger partial charge on any atom is -0.497 e. The number of carbonyl (C=O) groups excluding carboxylic acids is 1. The average molecular weight is 323 g/mol. The van der Waals surface area contributed by atoms with Crippen LogP contribution < -0.4 is 14.2 Å². The molecule has 0 aliphatic carbocycles. The summed E-state index contributed by atoms with van der Waals surface area (Å²) in [5.74, 6) is 1.72. The van der Waals surface area contributed by atoms with Crippen LogP contribution in [0.4, 0.5) is 0 Å². The van der Waals surface area contributed by atoms with E-state index in [1.165, 1.54) is 6.08 Å². The molecule has 0 spiro atoms. The zero-order chi connectivity index (χ0) is 17.4. The van der Waals surface area contributed by atoms with Crippen LogP contribution in [0.1, 0.15) is 15.9 Å². The summed E-state index contributed by atoms with van der Waals surface area (Å²) in [6.45, 7) is -0.0229. The van der Waals surface area contributed by atoms with Crippen LogP contribution in [0.2, 0.25) is 0 Å². The van der Waals surface area contributed by atoms with Gasteiger partial charge in [-0.25, -0.2) is 0 Å². The van der Waals surface area contributed by atoms with Crippen LogP contribution in [0.5, 0.6) is 17.2 Å². The zero-order valence-electron chi connectivity index (χ0n) is 13.5. The molecule has 122 valence electrons. The monoisotopic (exact) mass is 323 g/mol. The van der Waals surface area contributed by atoms with Gasteiger partial charge in [-0.3, -0.25) is 4.79 Å². The minimum atomic E-state index is -0.136. The van der Waals surface area contributed by atoms with E-state index in [0.717, 1.165) is 5.56 Å². The van der Waals surface area contributed by atoms with Gasteiger partial charge in [0.25, 0.3) is 0 Å². The summed E-state index contributed by atoms with van der Waals surface area (Å²) in [7, 11) is 3.15. The predicted molar refractivity (Wildman–Crippen MR) is 90.5 cm³/mol. The summed E-state index contributed by atoms with van der Waals surface area (Å²) in [6.07, 6.45) is 3.19. The zero-order valence-corrected chi connectivity index (χ0v) is 13.5. The Bertz CT molecular complexity index is 751. The van der Waals surface area contributed by atoms with E-state index in [2.05, 4.69) is 0 Å². The van der Waals surface area contributed by atoms with Crippen molar-refractivity contribution in [3.8, 4) is 23.3 Å². The molecule has 0 aliphatic rings. The molecular weight excluding hydrogens is 306 g/mol. The predicted octanol–water partition coefficient (Wildman–Crippen LogP) is 3.50. The highest BCUT2D eigenvalue weighted by atomic mass is 16.5. The second-order valence-electron chi connectivity index (χ2n) is 4.81. The Morgan fingerprint density at radius 3 is 2.21 bits per heavy atom. The number of methoxy groups -OCH3 is 2. The minimum absolute atomic E-state index is 0.0229. The summed E-state index contributed by atoms with van der Waals surface area (Å²) in [5.41, 5.74) is 1.33. The first kappa shape index (κ1) is 17.1. The van der Waals surface area contributed by atoms with Crippen LogP contribution in [-0.4, -0.2) is 26.6 Å². The number of carbonyl (C=O) groups is 1. The lowest BCUT2D eigenvalue weighted by Crippen LogP contribution is -1.96. The maximum absolute atomic E-state index is 12.2. The normalized spacial score (nSPS) is 10.2. The molecule has 0 unspecified atom stereocenters. The molecule has 0 aromatic heterocycles. The summed E-state index contributed by atoms with van der Waals surface area (Å²) in [4.78, 5) is 12.2. The molecule has 0 saturated carbocycles. The summed E-state index contributed by atoms with van der Waals surface area (Å²) in [5, 5.41) is 8.47. The van der Waals surface area contributed by atoms with Gasteiger partial charge in [0.2, 0.25) is 0 Å². The molecule has 0 radical (unpaired) electrons. The lowest BCUT2D eigenvalue weighted by molar-refractivity contribution is 0.104. The third kappa shape index (κ3) is 4.62. The van der Waals surface area contributed by atoms with Gasteiger partial charge in [-0.2, -0.15) is 5.26 Å². The van der Waals surface area contributed by atoms with Crippen LogP contribution in [0.15, 0.2) is 48.5 Å². The van der Waals surface area contributed by atoms with Crippen LogP contribution in [0, 0.1) is 11.3 Å². The van der Waals surface area contributed by atoms with Crippen LogP contribution in [0.25, 0.3) is 6.08 Å². The van der Waals surface area contributed by atoms with E-state index in [1.807, 2.05) is 18.2 Å². The molecule has 0 N–H and O–H groups in total. The molecule has 2 rings (SSSR count). The van der Waals surface area contributed by atoms with Crippen molar-refractivity contribution in [3.05, 3.63) is 59.7 Å². The first-order valence-electron chi connectivity index (χ1n) is 7.21. The topological polar surface area (TPSA) is 68.5 Å². The lowest BCUT2D eigenvalue weighted by atomic mass is 10.1. The third-order valence-electron chi connectivity index (χ3n) is 3.24. The Kier molecular flexibility index (Phi) is 5.98. The maximum Gasteiger partial charge on any atom is 0.185 e. The van der Waals surface area contributed by atoms with E-state index in [4.69, 9.17) is 19.5 Å². The highest BCUT2D eigenvalue weighted by Crippen LogP contribution is 2.23. The van der Waals surface area contributed by atoms with E-state index in [-0.39, 0.29) is 12.4 Å². The Morgan fingerprint density at radius 1 is 1.04 bits per heavy atom. The number of allylic oxidation sites excluding steroid dienone is 1. The maximum atomic E-state index is 12.2. The first-order chi connectivity index (χ1) is 11.7. The van der Waals surface area contributed by atoms with Gasteiger partial charge in [0, 0.05) is 11.6 Å². The standard InChI is InChI=1S/C19H17NO4/c1-22-17-11-14(12-18(13-17)23-2)3-8-19(21)15-4-6-16(7-5-15)24-10-9-20/h3-8,11-13H,10H2,1-2H3/b8-3+. The number of hydrogen-bond acceptors (Lipinski definition) is 5. The Labute approximate surface area is 140 Å². The molecule has 0 amide bonds. The van der Waals surface area contributed by atoms with Gasteiger partial charge in [-0.15, -0.1) is 0 Å². The highest BCUT2D eigenvalue weighted by Gasteiger charge is 2.04. The van der Waals surface area contributed by atoms with Gasteiger partial charge in [0.05, 0.1) is 14.2 Å². The van der Waals surface area contributed by atoms with Gasteiger partial charge < -0.3 is 14.2 Å². The Balaban J connectivity index is 2.11. The van der Waals surface area contributed by atoms with E-state index in [1.54, 1.807) is 50.6 Å². The lowest BCUT2D eigenvalue weighted by Gasteiger charge is -2.05. The van der Waals surface area contributed by atoms with Crippen LogP contribution in [-0.2, 0) is 0 Å². The molecule has 2 aromatic carbocycles. The van der Waals surface area contributed by atoms with Gasteiger partial charge in [-0.1, -0.05) is 6.08 Å². The van der Waals surface area contributed by atoms with Crippen molar-refractivity contribution < 1.29 is 19.0 Å². The van der Waals surface area contributed by atoms with Gasteiger partial charge >= 0.3 is 0 Å². The van der Waals surface area contributed by atoms with Gasteiger partial charge in [0.15, 0.2) is 12.4 Å². The first-order valence-corrected chi connectivity index (χ1v) is 7.21. The van der Waals surface area contributed by atoms with Crippen molar-refractivity contribution in [1.82, 2.24) is 0 Å². The molecule has 24 heavy (non-hydrogen) atoms. The molecule has 5 nitrogen and oxygen atoms in total. The van der Waals surface area contributed by atoms with E-state index < -0.39 is 0 Å². The number of ether oxygens (including phenoxy) is 3. The Hall–Kier alpha value is -3.26. The molecule has 2 aromatic rings. The summed E-state index contributed by atoms with van der Waals surface area (Å²) in [6, 6.07) is 13.9. The second kappa shape index (κ2) is 8.39. The number of ketones is 1. The highest BCUT2D eigenvalue weighted by molar-refractivity contribution is 6.06. The van der Waals surface area contributed by atoms with Crippen LogP contribution >= 0.6 is 0 Å². The fourth-order valence-electron chi connectivity index (χ4n) is 2.02. The molecule has 0 bridgehead atoms. The summed E-state index contributed by atoms with van der Waals surface area (Å²) >= 11 is 0.